The Morgan fingerprint density at radius 3 is 2.70 bits per heavy atom. The zero-order valence-electron chi connectivity index (χ0n) is 11.5. The van der Waals surface area contributed by atoms with E-state index in [4.69, 9.17) is 4.42 Å². The highest BCUT2D eigenvalue weighted by molar-refractivity contribution is 5.55. The van der Waals surface area contributed by atoms with Crippen LogP contribution in [0.5, 0.6) is 5.75 Å². The summed E-state index contributed by atoms with van der Waals surface area (Å²) in [4.78, 5) is 2.24. The highest BCUT2D eigenvalue weighted by Crippen LogP contribution is 2.36. The van der Waals surface area contributed by atoms with E-state index in [2.05, 4.69) is 4.90 Å². The van der Waals surface area contributed by atoms with Crippen molar-refractivity contribution in [3.8, 4) is 5.75 Å². The van der Waals surface area contributed by atoms with E-state index < -0.39 is 6.10 Å². The molecular formula is C16H19NO3. The van der Waals surface area contributed by atoms with Crippen LogP contribution in [-0.2, 0) is 6.54 Å². The highest BCUT2D eigenvalue weighted by Gasteiger charge is 2.30. The lowest BCUT2D eigenvalue weighted by molar-refractivity contribution is 0.195. The summed E-state index contributed by atoms with van der Waals surface area (Å²) in [6, 6.07) is 9.81. The van der Waals surface area contributed by atoms with E-state index in [-0.39, 0.29) is 5.75 Å². The first kappa shape index (κ1) is 13.1. The van der Waals surface area contributed by atoms with Crippen LogP contribution in [0.25, 0.3) is 0 Å². The maximum Gasteiger partial charge on any atom is 0.123 e. The van der Waals surface area contributed by atoms with Gasteiger partial charge in [-0.15, -0.1) is 0 Å². The summed E-state index contributed by atoms with van der Waals surface area (Å²) in [5.74, 6) is 1.05. The van der Waals surface area contributed by atoms with Crippen LogP contribution in [-0.4, -0.2) is 16.3 Å². The quantitative estimate of drug-likeness (QED) is 0.878. The zero-order valence-corrected chi connectivity index (χ0v) is 11.5. The molecule has 0 bridgehead atoms. The maximum atomic E-state index is 10.0. The minimum Gasteiger partial charge on any atom is -0.507 e. The number of hydrogen-bond donors (Lipinski definition) is 2. The molecule has 20 heavy (non-hydrogen) atoms. The Hall–Kier alpha value is -1.94. The Balaban J connectivity index is 1.86. The van der Waals surface area contributed by atoms with Gasteiger partial charge in [-0.2, -0.15) is 0 Å². The van der Waals surface area contributed by atoms with Gasteiger partial charge < -0.3 is 19.5 Å². The van der Waals surface area contributed by atoms with E-state index in [0.717, 1.165) is 11.4 Å². The van der Waals surface area contributed by atoms with Gasteiger partial charge in [0.15, 0.2) is 0 Å². The van der Waals surface area contributed by atoms with Crippen molar-refractivity contribution >= 4 is 5.69 Å². The molecule has 4 nitrogen and oxygen atoms in total. The summed E-state index contributed by atoms with van der Waals surface area (Å²) in [5.41, 5.74) is 1.52. The summed E-state index contributed by atoms with van der Waals surface area (Å²) < 4.78 is 5.41. The van der Waals surface area contributed by atoms with E-state index in [1.54, 1.807) is 25.3 Å². The Morgan fingerprint density at radius 2 is 2.15 bits per heavy atom. The Morgan fingerprint density at radius 1 is 1.35 bits per heavy atom. The fourth-order valence-corrected chi connectivity index (χ4v) is 2.45. The SMILES string of the molecule is CC(O)c1ccc(N(Cc2ccco2)C2CC2)cc1O. The Bertz CT molecular complexity index is 573. The first-order valence-electron chi connectivity index (χ1n) is 6.95. The minimum absolute atomic E-state index is 0.141. The van der Waals surface area contributed by atoms with Crippen LogP contribution in [0.15, 0.2) is 41.0 Å². The molecule has 2 N–H and O–H groups in total. The molecule has 1 saturated carbocycles. The molecular weight excluding hydrogens is 254 g/mol. The zero-order chi connectivity index (χ0) is 14.1. The van der Waals surface area contributed by atoms with E-state index in [1.807, 2.05) is 18.2 Å². The fourth-order valence-electron chi connectivity index (χ4n) is 2.45. The smallest absolute Gasteiger partial charge is 0.123 e. The number of hydrogen-bond acceptors (Lipinski definition) is 4. The largest absolute Gasteiger partial charge is 0.507 e. The normalized spacial score (nSPS) is 16.1. The Labute approximate surface area is 118 Å². The van der Waals surface area contributed by atoms with Crippen LogP contribution in [0.4, 0.5) is 5.69 Å². The average molecular weight is 273 g/mol. The first-order chi connectivity index (χ1) is 9.65. The summed E-state index contributed by atoms with van der Waals surface area (Å²) in [7, 11) is 0. The predicted octanol–water partition coefficient (Wildman–Crippen LogP) is 3.21. The van der Waals surface area contributed by atoms with Crippen LogP contribution in [0.1, 0.15) is 37.2 Å². The number of nitrogens with zero attached hydrogens (tertiary/aromatic N) is 1. The molecule has 1 aliphatic carbocycles. The van der Waals surface area contributed by atoms with E-state index in [1.165, 1.54) is 12.8 Å². The number of aliphatic hydroxyl groups excluding tert-OH is 1. The lowest BCUT2D eigenvalue weighted by atomic mass is 10.1. The second-order valence-electron chi connectivity index (χ2n) is 5.36. The van der Waals surface area contributed by atoms with Gasteiger partial charge >= 0.3 is 0 Å². The Kier molecular flexibility index (Phi) is 3.40. The first-order valence-corrected chi connectivity index (χ1v) is 6.95. The van der Waals surface area contributed by atoms with Gasteiger partial charge in [-0.25, -0.2) is 0 Å². The van der Waals surface area contributed by atoms with Gasteiger partial charge in [0.2, 0.25) is 0 Å². The number of anilines is 1. The standard InChI is InChI=1S/C16H19NO3/c1-11(18)15-7-6-13(9-16(15)19)17(12-4-5-12)10-14-3-2-8-20-14/h2-3,6-9,11-12,18-19H,4-5,10H2,1H3. The maximum absolute atomic E-state index is 10.0. The third-order valence-corrected chi connectivity index (χ3v) is 3.69. The van der Waals surface area contributed by atoms with E-state index in [0.29, 0.717) is 18.2 Å². The fraction of sp³-hybridized carbons (Fsp3) is 0.375. The van der Waals surface area contributed by atoms with Crippen molar-refractivity contribution in [2.45, 2.75) is 38.5 Å². The van der Waals surface area contributed by atoms with Crippen molar-refractivity contribution < 1.29 is 14.6 Å². The molecule has 2 aromatic rings. The number of phenols is 1. The number of rotatable bonds is 5. The van der Waals surface area contributed by atoms with E-state index >= 15 is 0 Å². The molecule has 4 heteroatoms. The van der Waals surface area contributed by atoms with Crippen molar-refractivity contribution in [3.63, 3.8) is 0 Å². The molecule has 0 radical (unpaired) electrons. The van der Waals surface area contributed by atoms with Crippen molar-refractivity contribution in [3.05, 3.63) is 47.9 Å². The van der Waals surface area contributed by atoms with Crippen molar-refractivity contribution in [2.75, 3.05) is 4.90 Å². The second-order valence-corrected chi connectivity index (χ2v) is 5.36. The predicted molar refractivity (Wildman–Crippen MR) is 76.7 cm³/mol. The lowest BCUT2D eigenvalue weighted by Gasteiger charge is -2.24. The molecule has 0 amide bonds. The van der Waals surface area contributed by atoms with Crippen molar-refractivity contribution in [1.29, 1.82) is 0 Å². The third kappa shape index (κ3) is 2.65. The average Bonchev–Trinajstić information content (AvgIpc) is 3.12. The van der Waals surface area contributed by atoms with Crippen LogP contribution in [0.2, 0.25) is 0 Å². The molecule has 106 valence electrons. The van der Waals surface area contributed by atoms with Crippen LogP contribution < -0.4 is 4.90 Å². The summed E-state index contributed by atoms with van der Waals surface area (Å²) in [6.07, 6.45) is 3.34. The second kappa shape index (κ2) is 5.21. The number of benzene rings is 1. The number of aliphatic hydroxyl groups is 1. The molecule has 0 aliphatic heterocycles. The van der Waals surface area contributed by atoms with Gasteiger partial charge in [0.05, 0.1) is 18.9 Å². The number of phenolic OH excluding ortho intramolecular Hbond substituents is 1. The molecule has 1 aromatic carbocycles. The molecule has 1 aliphatic rings. The van der Waals surface area contributed by atoms with Crippen molar-refractivity contribution in [1.82, 2.24) is 0 Å². The summed E-state index contributed by atoms with van der Waals surface area (Å²) in [5, 5.41) is 19.6. The van der Waals surface area contributed by atoms with Gasteiger partial charge in [0, 0.05) is 23.4 Å². The van der Waals surface area contributed by atoms with Crippen molar-refractivity contribution in [2.24, 2.45) is 0 Å². The van der Waals surface area contributed by atoms with Crippen LogP contribution >= 0.6 is 0 Å². The molecule has 1 unspecified atom stereocenters. The molecule has 1 aromatic heterocycles. The molecule has 0 saturated heterocycles. The topological polar surface area (TPSA) is 56.8 Å². The molecule has 1 fully saturated rings. The van der Waals surface area contributed by atoms with Gasteiger partial charge in [-0.1, -0.05) is 6.07 Å². The number of furan rings is 1. The number of aromatic hydroxyl groups is 1. The monoisotopic (exact) mass is 273 g/mol. The minimum atomic E-state index is -0.663. The molecule has 0 spiro atoms. The summed E-state index contributed by atoms with van der Waals surface area (Å²) in [6.45, 7) is 2.35. The molecule has 3 rings (SSSR count). The van der Waals surface area contributed by atoms with Crippen LogP contribution in [0.3, 0.4) is 0 Å². The van der Waals surface area contributed by atoms with Gasteiger partial charge in [0.1, 0.15) is 11.5 Å². The van der Waals surface area contributed by atoms with Gasteiger partial charge in [-0.05, 0) is 38.0 Å². The lowest BCUT2D eigenvalue weighted by Crippen LogP contribution is -2.24. The van der Waals surface area contributed by atoms with Crippen LogP contribution in [0, 0.1) is 0 Å². The van der Waals surface area contributed by atoms with E-state index in [9.17, 15) is 10.2 Å². The molecule has 1 atom stereocenters. The highest BCUT2D eigenvalue weighted by atomic mass is 16.3. The van der Waals surface area contributed by atoms with Gasteiger partial charge in [0.25, 0.3) is 0 Å². The van der Waals surface area contributed by atoms with Gasteiger partial charge in [-0.3, -0.25) is 0 Å². The third-order valence-electron chi connectivity index (χ3n) is 3.69. The molecule has 1 heterocycles. The summed E-state index contributed by atoms with van der Waals surface area (Å²) >= 11 is 0.